The van der Waals surface area contributed by atoms with Crippen molar-refractivity contribution in [3.05, 3.63) is 76.6 Å². The molecule has 0 atom stereocenters. The van der Waals surface area contributed by atoms with Crippen molar-refractivity contribution < 1.29 is 18.1 Å². The van der Waals surface area contributed by atoms with Gasteiger partial charge in [0, 0.05) is 35.8 Å². The average molecular weight is 420 g/mol. The van der Waals surface area contributed by atoms with Crippen LogP contribution in [0.25, 0.3) is 11.4 Å². The van der Waals surface area contributed by atoms with Crippen molar-refractivity contribution in [3.8, 4) is 11.4 Å². The van der Waals surface area contributed by atoms with E-state index in [1.165, 1.54) is 42.7 Å². The maximum Gasteiger partial charge on any atom is 0.416 e. The van der Waals surface area contributed by atoms with Crippen LogP contribution in [0.2, 0.25) is 0 Å². The Morgan fingerprint density at radius 3 is 2.00 bits per heavy atom. The first kappa shape index (κ1) is 24.5. The van der Waals surface area contributed by atoms with Gasteiger partial charge in [-0.3, -0.25) is 10.1 Å². The number of alkyl halides is 3. The van der Waals surface area contributed by atoms with Crippen molar-refractivity contribution in [3.63, 3.8) is 0 Å². The van der Waals surface area contributed by atoms with Gasteiger partial charge in [0.2, 0.25) is 0 Å². The number of nitro benzene ring substituents is 1. The number of benzene rings is 2. The van der Waals surface area contributed by atoms with Crippen molar-refractivity contribution >= 4 is 17.1 Å². The van der Waals surface area contributed by atoms with Crippen LogP contribution >= 0.6 is 0 Å². The van der Waals surface area contributed by atoms with E-state index in [1.54, 1.807) is 6.07 Å². The van der Waals surface area contributed by atoms with E-state index in [0.717, 1.165) is 12.1 Å². The monoisotopic (exact) mass is 420 g/mol. The molecule has 1 heterocycles. The summed E-state index contributed by atoms with van der Waals surface area (Å²) in [6.45, 7) is 8.00. The second-order valence-corrected chi connectivity index (χ2v) is 5.26. The molecule has 0 bridgehead atoms. The van der Waals surface area contributed by atoms with E-state index < -0.39 is 16.7 Å². The van der Waals surface area contributed by atoms with Crippen LogP contribution in [-0.2, 0) is 6.18 Å². The van der Waals surface area contributed by atoms with E-state index >= 15 is 0 Å². The molecule has 0 spiro atoms. The summed E-state index contributed by atoms with van der Waals surface area (Å²) < 4.78 is 38.0. The molecule has 6 nitrogen and oxygen atoms in total. The molecule has 9 heteroatoms. The van der Waals surface area contributed by atoms with E-state index in [9.17, 15) is 23.3 Å². The first-order valence-electron chi connectivity index (χ1n) is 9.35. The minimum absolute atomic E-state index is 0.148. The molecule has 0 aliphatic rings. The van der Waals surface area contributed by atoms with Gasteiger partial charge in [-0.2, -0.15) is 13.2 Å². The summed E-state index contributed by atoms with van der Waals surface area (Å²) in [4.78, 5) is 18.6. The molecule has 160 valence electrons. The highest BCUT2D eigenvalue weighted by Crippen LogP contribution is 2.33. The van der Waals surface area contributed by atoms with Gasteiger partial charge < -0.3 is 5.32 Å². The Morgan fingerprint density at radius 2 is 1.50 bits per heavy atom. The number of halogens is 3. The normalized spacial score (nSPS) is 10.1. The van der Waals surface area contributed by atoms with Gasteiger partial charge in [0.25, 0.3) is 5.69 Å². The zero-order valence-corrected chi connectivity index (χ0v) is 17.1. The lowest BCUT2D eigenvalue weighted by atomic mass is 10.1. The Bertz CT molecular complexity index is 931. The molecule has 0 saturated carbocycles. The smallest absolute Gasteiger partial charge is 0.355 e. The number of hydrogen-bond donors (Lipinski definition) is 1. The number of nitrogens with zero attached hydrogens (tertiary/aromatic N) is 3. The standard InChI is InChI=1S/C17H11F3N4O2.2C2H6/c18-17(19,20)11-2-4-12(5-3-11)23-15-7-6-13(24(25)26)10-14(15)16-21-8-1-9-22-16;2*1-2/h1-10,23H;2*1-2H3. The number of nitrogens with one attached hydrogen (secondary N) is 1. The lowest BCUT2D eigenvalue weighted by molar-refractivity contribution is -0.384. The molecule has 0 fully saturated rings. The van der Waals surface area contributed by atoms with Crippen molar-refractivity contribution in [2.75, 3.05) is 5.32 Å². The Morgan fingerprint density at radius 1 is 0.933 bits per heavy atom. The van der Waals surface area contributed by atoms with Crippen LogP contribution in [-0.4, -0.2) is 14.9 Å². The SMILES string of the molecule is CC.CC.O=[N+]([O-])c1ccc(Nc2ccc(C(F)(F)F)cc2)c(-c2ncccn2)c1. The van der Waals surface area contributed by atoms with Crippen LogP contribution in [0.3, 0.4) is 0 Å². The summed E-state index contributed by atoms with van der Waals surface area (Å²) in [5, 5.41) is 14.0. The zero-order chi connectivity index (χ0) is 22.7. The predicted octanol–water partition coefficient (Wildman–Crippen LogP) is 6.87. The highest BCUT2D eigenvalue weighted by atomic mass is 19.4. The van der Waals surface area contributed by atoms with E-state index in [0.29, 0.717) is 16.9 Å². The maximum atomic E-state index is 12.7. The third-order valence-electron chi connectivity index (χ3n) is 3.51. The van der Waals surface area contributed by atoms with Crippen LogP contribution in [0.1, 0.15) is 33.3 Å². The Labute approximate surface area is 173 Å². The van der Waals surface area contributed by atoms with Crippen molar-refractivity contribution in [2.45, 2.75) is 33.9 Å². The molecule has 3 aromatic rings. The number of aromatic nitrogens is 2. The lowest BCUT2D eigenvalue weighted by Crippen LogP contribution is -2.04. The third-order valence-corrected chi connectivity index (χ3v) is 3.51. The molecule has 3 rings (SSSR count). The molecular weight excluding hydrogens is 397 g/mol. The molecule has 0 aliphatic heterocycles. The summed E-state index contributed by atoms with van der Waals surface area (Å²) in [6, 6.07) is 10.1. The minimum Gasteiger partial charge on any atom is -0.355 e. The van der Waals surface area contributed by atoms with Crippen LogP contribution in [0.15, 0.2) is 60.9 Å². The highest BCUT2D eigenvalue weighted by molar-refractivity contribution is 5.79. The minimum atomic E-state index is -4.42. The fourth-order valence-electron chi connectivity index (χ4n) is 2.28. The highest BCUT2D eigenvalue weighted by Gasteiger charge is 2.30. The molecule has 0 aliphatic carbocycles. The molecule has 1 N–H and O–H groups in total. The van der Waals surface area contributed by atoms with Gasteiger partial charge in [-0.15, -0.1) is 0 Å². The first-order chi connectivity index (χ1) is 14.3. The zero-order valence-electron chi connectivity index (χ0n) is 17.1. The summed E-state index contributed by atoms with van der Waals surface area (Å²) in [6.07, 6.45) is -1.44. The molecular formula is C21H23F3N4O2. The average Bonchev–Trinajstić information content (AvgIpc) is 2.77. The van der Waals surface area contributed by atoms with E-state index in [4.69, 9.17) is 0 Å². The van der Waals surface area contributed by atoms with Gasteiger partial charge in [-0.05, 0) is 36.4 Å². The lowest BCUT2D eigenvalue weighted by Gasteiger charge is -2.12. The number of nitro groups is 1. The fraction of sp³-hybridized carbons (Fsp3) is 0.238. The predicted molar refractivity (Wildman–Crippen MR) is 112 cm³/mol. The summed E-state index contributed by atoms with van der Waals surface area (Å²) >= 11 is 0. The second kappa shape index (κ2) is 11.5. The van der Waals surface area contributed by atoms with E-state index in [1.807, 2.05) is 27.7 Å². The quantitative estimate of drug-likeness (QED) is 0.368. The number of hydrogen-bond acceptors (Lipinski definition) is 5. The number of non-ortho nitro benzene ring substituents is 1. The van der Waals surface area contributed by atoms with Crippen LogP contribution in [0, 0.1) is 10.1 Å². The Balaban J connectivity index is 0.00000106. The van der Waals surface area contributed by atoms with Gasteiger partial charge in [-0.25, -0.2) is 9.97 Å². The van der Waals surface area contributed by atoms with E-state index in [-0.39, 0.29) is 11.5 Å². The molecule has 0 unspecified atom stereocenters. The Kier molecular flexibility index (Phi) is 9.41. The summed E-state index contributed by atoms with van der Waals surface area (Å²) in [7, 11) is 0. The van der Waals surface area contributed by atoms with Crippen molar-refractivity contribution in [2.24, 2.45) is 0 Å². The topological polar surface area (TPSA) is 81.0 Å². The summed E-state index contributed by atoms with van der Waals surface area (Å²) in [5.41, 5.74) is 0.272. The van der Waals surface area contributed by atoms with Gasteiger partial charge >= 0.3 is 6.18 Å². The van der Waals surface area contributed by atoms with E-state index in [2.05, 4.69) is 15.3 Å². The summed E-state index contributed by atoms with van der Waals surface area (Å²) in [5.74, 6) is 0.255. The molecule has 2 aromatic carbocycles. The Hall–Kier alpha value is -3.49. The number of rotatable bonds is 4. The van der Waals surface area contributed by atoms with Crippen LogP contribution in [0.4, 0.5) is 30.2 Å². The van der Waals surface area contributed by atoms with Crippen LogP contribution in [0.5, 0.6) is 0 Å². The molecule has 30 heavy (non-hydrogen) atoms. The molecule has 0 amide bonds. The molecule has 0 radical (unpaired) electrons. The van der Waals surface area contributed by atoms with Crippen molar-refractivity contribution in [1.82, 2.24) is 9.97 Å². The number of anilines is 2. The van der Waals surface area contributed by atoms with Crippen molar-refractivity contribution in [1.29, 1.82) is 0 Å². The maximum absolute atomic E-state index is 12.7. The molecule has 0 saturated heterocycles. The van der Waals surface area contributed by atoms with Gasteiger partial charge in [0.05, 0.1) is 16.2 Å². The fourth-order valence-corrected chi connectivity index (χ4v) is 2.28. The second-order valence-electron chi connectivity index (χ2n) is 5.26. The van der Waals surface area contributed by atoms with Gasteiger partial charge in [-0.1, -0.05) is 27.7 Å². The molecule has 1 aromatic heterocycles. The van der Waals surface area contributed by atoms with Crippen LogP contribution < -0.4 is 5.32 Å². The largest absolute Gasteiger partial charge is 0.416 e. The van der Waals surface area contributed by atoms with Gasteiger partial charge in [0.15, 0.2) is 5.82 Å². The van der Waals surface area contributed by atoms with Gasteiger partial charge in [0.1, 0.15) is 0 Å². The first-order valence-corrected chi connectivity index (χ1v) is 9.35. The third kappa shape index (κ3) is 6.54.